The number of rotatable bonds is 6. The van der Waals surface area contributed by atoms with Gasteiger partial charge in [-0.3, -0.25) is 9.59 Å². The zero-order valence-electron chi connectivity index (χ0n) is 15.1. The van der Waals surface area contributed by atoms with Crippen LogP contribution in [-0.4, -0.2) is 31.9 Å². The number of halogens is 2. The Hall–Kier alpha value is -2.75. The van der Waals surface area contributed by atoms with Crippen LogP contribution >= 0.6 is 35.0 Å². The van der Waals surface area contributed by atoms with E-state index in [9.17, 15) is 9.59 Å². The molecule has 0 bridgehead atoms. The summed E-state index contributed by atoms with van der Waals surface area (Å²) in [5.41, 5.74) is 6.63. The van der Waals surface area contributed by atoms with Crippen LogP contribution in [0, 0.1) is 0 Å². The Morgan fingerprint density at radius 1 is 1.14 bits per heavy atom. The molecule has 3 rings (SSSR count). The fraction of sp³-hybridized carbons (Fsp3) is 0.111. The second-order valence-corrected chi connectivity index (χ2v) is 8.14. The molecular formula is C18H16Cl2N6O2S. The molecule has 2 aromatic carbocycles. The SMILES string of the molecule is C[C@@H](Sc1nnc(-c2cc(Cl)ccc2Cl)n1N)C(=O)Nc1ccc(C(N)=O)cc1. The second-order valence-electron chi connectivity index (χ2n) is 5.99. The molecule has 2 amide bonds. The van der Waals surface area contributed by atoms with Crippen LogP contribution in [0.4, 0.5) is 5.69 Å². The minimum atomic E-state index is -0.537. The number of hydrogen-bond acceptors (Lipinski definition) is 6. The van der Waals surface area contributed by atoms with Crippen molar-refractivity contribution >= 4 is 52.5 Å². The van der Waals surface area contributed by atoms with E-state index in [1.54, 1.807) is 37.3 Å². The first-order valence-electron chi connectivity index (χ1n) is 8.29. The molecule has 0 spiro atoms. The van der Waals surface area contributed by atoms with Gasteiger partial charge in [-0.1, -0.05) is 35.0 Å². The molecular weight excluding hydrogens is 435 g/mol. The molecule has 0 aliphatic carbocycles. The molecule has 0 radical (unpaired) electrons. The fourth-order valence-corrected chi connectivity index (χ4v) is 3.53. The quantitative estimate of drug-likeness (QED) is 0.390. The van der Waals surface area contributed by atoms with E-state index < -0.39 is 11.2 Å². The third kappa shape index (κ3) is 4.81. The summed E-state index contributed by atoms with van der Waals surface area (Å²) in [6, 6.07) is 11.2. The van der Waals surface area contributed by atoms with E-state index in [1.807, 2.05) is 0 Å². The van der Waals surface area contributed by atoms with Crippen LogP contribution in [-0.2, 0) is 4.79 Å². The van der Waals surface area contributed by atoms with E-state index in [0.29, 0.717) is 37.8 Å². The van der Waals surface area contributed by atoms with Gasteiger partial charge < -0.3 is 16.9 Å². The fourth-order valence-electron chi connectivity index (χ4n) is 2.38. The van der Waals surface area contributed by atoms with E-state index >= 15 is 0 Å². The number of amides is 2. The van der Waals surface area contributed by atoms with Crippen molar-refractivity contribution in [2.45, 2.75) is 17.3 Å². The first-order valence-corrected chi connectivity index (χ1v) is 9.93. The topological polar surface area (TPSA) is 129 Å². The number of hydrogen-bond donors (Lipinski definition) is 3. The summed E-state index contributed by atoms with van der Waals surface area (Å²) in [6.07, 6.45) is 0. The molecule has 0 fully saturated rings. The highest BCUT2D eigenvalue weighted by Crippen LogP contribution is 2.31. The van der Waals surface area contributed by atoms with Crippen molar-refractivity contribution in [3.8, 4) is 11.4 Å². The second kappa shape index (κ2) is 8.73. The van der Waals surface area contributed by atoms with Gasteiger partial charge in [0.2, 0.25) is 17.0 Å². The van der Waals surface area contributed by atoms with Crippen molar-refractivity contribution < 1.29 is 9.59 Å². The number of primary amides is 1. The molecule has 0 aliphatic heterocycles. The zero-order valence-corrected chi connectivity index (χ0v) is 17.4. The lowest BCUT2D eigenvalue weighted by Gasteiger charge is -2.12. The van der Waals surface area contributed by atoms with Crippen molar-refractivity contribution in [2.75, 3.05) is 11.2 Å². The Bertz CT molecular complexity index is 1070. The largest absolute Gasteiger partial charge is 0.366 e. The Morgan fingerprint density at radius 2 is 1.83 bits per heavy atom. The Kier molecular flexibility index (Phi) is 6.31. The number of anilines is 1. The van der Waals surface area contributed by atoms with Crippen molar-refractivity contribution in [1.29, 1.82) is 0 Å². The predicted molar refractivity (Wildman–Crippen MR) is 115 cm³/mol. The lowest BCUT2D eigenvalue weighted by atomic mass is 10.2. The molecule has 0 unspecified atom stereocenters. The molecule has 3 aromatic rings. The number of carbonyl (C=O) groups excluding carboxylic acids is 2. The first-order chi connectivity index (χ1) is 13.8. The maximum absolute atomic E-state index is 12.5. The van der Waals surface area contributed by atoms with Gasteiger partial charge in [0.15, 0.2) is 5.82 Å². The molecule has 5 N–H and O–H groups in total. The summed E-state index contributed by atoms with van der Waals surface area (Å²) < 4.78 is 1.26. The minimum Gasteiger partial charge on any atom is -0.366 e. The maximum Gasteiger partial charge on any atom is 0.248 e. The summed E-state index contributed by atoms with van der Waals surface area (Å²) in [7, 11) is 0. The molecule has 0 aliphatic rings. The molecule has 8 nitrogen and oxygen atoms in total. The number of nitrogens with one attached hydrogen (secondary N) is 1. The van der Waals surface area contributed by atoms with Crippen molar-refractivity contribution in [3.05, 3.63) is 58.1 Å². The normalized spacial score (nSPS) is 11.8. The standard InChI is InChI=1S/C18H16Cl2N6O2S/c1-9(17(28)23-12-5-2-10(3-6-12)15(21)27)29-18-25-24-16(26(18)22)13-8-11(19)4-7-14(13)20/h2-9H,22H2,1H3,(H2,21,27)(H,23,28)/t9-/m1/s1. The van der Waals surface area contributed by atoms with Crippen molar-refractivity contribution in [1.82, 2.24) is 14.9 Å². The highest BCUT2D eigenvalue weighted by molar-refractivity contribution is 8.00. The van der Waals surface area contributed by atoms with Gasteiger partial charge in [-0.05, 0) is 49.4 Å². The highest BCUT2D eigenvalue weighted by atomic mass is 35.5. The minimum absolute atomic E-state index is 0.271. The van der Waals surface area contributed by atoms with Gasteiger partial charge in [0, 0.05) is 21.8 Å². The number of carbonyl (C=O) groups is 2. The summed E-state index contributed by atoms with van der Waals surface area (Å²) in [4.78, 5) is 23.6. The number of thioether (sulfide) groups is 1. The molecule has 150 valence electrons. The van der Waals surface area contributed by atoms with Gasteiger partial charge in [-0.2, -0.15) is 0 Å². The van der Waals surface area contributed by atoms with Gasteiger partial charge in [-0.15, -0.1) is 10.2 Å². The average molecular weight is 451 g/mol. The summed E-state index contributed by atoms with van der Waals surface area (Å²) >= 11 is 13.3. The molecule has 0 saturated carbocycles. The van der Waals surface area contributed by atoms with E-state index in [2.05, 4.69) is 15.5 Å². The number of aromatic nitrogens is 3. The van der Waals surface area contributed by atoms with Gasteiger partial charge in [-0.25, -0.2) is 4.68 Å². The predicted octanol–water partition coefficient (Wildman–Crippen LogP) is 3.18. The van der Waals surface area contributed by atoms with E-state index in [4.69, 9.17) is 34.8 Å². The average Bonchev–Trinajstić information content (AvgIpc) is 3.04. The Balaban J connectivity index is 1.71. The van der Waals surface area contributed by atoms with Crippen LogP contribution in [0.3, 0.4) is 0 Å². The third-order valence-electron chi connectivity index (χ3n) is 3.92. The van der Waals surface area contributed by atoms with Gasteiger partial charge in [0.1, 0.15) is 0 Å². The number of benzene rings is 2. The molecule has 29 heavy (non-hydrogen) atoms. The molecule has 1 aromatic heterocycles. The van der Waals surface area contributed by atoms with E-state index in [-0.39, 0.29) is 5.91 Å². The van der Waals surface area contributed by atoms with Crippen LogP contribution in [0.1, 0.15) is 17.3 Å². The van der Waals surface area contributed by atoms with Crippen molar-refractivity contribution in [3.63, 3.8) is 0 Å². The highest BCUT2D eigenvalue weighted by Gasteiger charge is 2.21. The molecule has 11 heteroatoms. The summed E-state index contributed by atoms with van der Waals surface area (Å²) in [6.45, 7) is 1.71. The number of nitrogens with zero attached hydrogens (tertiary/aromatic N) is 3. The van der Waals surface area contributed by atoms with Gasteiger partial charge >= 0.3 is 0 Å². The number of nitrogen functional groups attached to an aromatic ring is 1. The molecule has 0 saturated heterocycles. The number of nitrogens with two attached hydrogens (primary N) is 2. The van der Waals surface area contributed by atoms with Crippen LogP contribution in [0.5, 0.6) is 0 Å². The Labute approximate surface area is 180 Å². The van der Waals surface area contributed by atoms with Crippen molar-refractivity contribution in [2.24, 2.45) is 5.73 Å². The maximum atomic E-state index is 12.5. The van der Waals surface area contributed by atoms with E-state index in [0.717, 1.165) is 11.8 Å². The molecule has 1 atom stereocenters. The summed E-state index contributed by atoms with van der Waals surface area (Å²) in [5.74, 6) is 5.61. The lowest BCUT2D eigenvalue weighted by Crippen LogP contribution is -2.23. The monoisotopic (exact) mass is 450 g/mol. The lowest BCUT2D eigenvalue weighted by molar-refractivity contribution is -0.115. The summed E-state index contributed by atoms with van der Waals surface area (Å²) in [5, 5.41) is 11.6. The van der Waals surface area contributed by atoms with E-state index in [1.165, 1.54) is 16.8 Å². The van der Waals surface area contributed by atoms with Gasteiger partial charge in [0.05, 0.1) is 10.3 Å². The van der Waals surface area contributed by atoms with Crippen LogP contribution < -0.4 is 16.9 Å². The van der Waals surface area contributed by atoms with Crippen LogP contribution in [0.2, 0.25) is 10.0 Å². The molecule has 1 heterocycles. The smallest absolute Gasteiger partial charge is 0.248 e. The van der Waals surface area contributed by atoms with Gasteiger partial charge in [0.25, 0.3) is 0 Å². The zero-order chi connectivity index (χ0) is 21.1. The first kappa shape index (κ1) is 21.0. The van der Waals surface area contributed by atoms with Crippen LogP contribution in [0.25, 0.3) is 11.4 Å². The third-order valence-corrected chi connectivity index (χ3v) is 5.54. The van der Waals surface area contributed by atoms with Crippen LogP contribution in [0.15, 0.2) is 47.6 Å². The Morgan fingerprint density at radius 3 is 2.48 bits per heavy atom.